The van der Waals surface area contributed by atoms with Gasteiger partial charge < -0.3 is 10.5 Å². The topological polar surface area (TPSA) is 76.1 Å². The molecule has 0 aromatic heterocycles. The lowest BCUT2D eigenvalue weighted by atomic mass is 10.1. The van der Waals surface area contributed by atoms with E-state index in [0.29, 0.717) is 11.3 Å². The number of nitrogens with two attached hydrogens (primary N) is 1. The molecule has 0 saturated heterocycles. The smallest absolute Gasteiger partial charge is 0.309 e. The molecule has 0 spiro atoms. The van der Waals surface area contributed by atoms with Crippen LogP contribution in [0.5, 0.6) is 0 Å². The normalized spacial score (nSPS) is 10.0. The molecule has 4 nitrogen and oxygen atoms in total. The number of hydrogen-bond acceptors (Lipinski definition) is 4. The highest BCUT2D eigenvalue weighted by Crippen LogP contribution is 2.14. The van der Waals surface area contributed by atoms with Gasteiger partial charge in [-0.2, -0.15) is 5.26 Å². The summed E-state index contributed by atoms with van der Waals surface area (Å²) in [5, 5.41) is 8.87. The van der Waals surface area contributed by atoms with Gasteiger partial charge >= 0.3 is 5.97 Å². The Morgan fingerprint density at radius 1 is 1.62 bits per heavy atom. The van der Waals surface area contributed by atoms with E-state index >= 15 is 0 Å². The lowest BCUT2D eigenvalue weighted by Crippen LogP contribution is -1.96. The quantitative estimate of drug-likeness (QED) is 0.616. The minimum Gasteiger partial charge on any atom is -0.469 e. The van der Waals surface area contributed by atoms with Crippen LogP contribution in [0.25, 0.3) is 6.08 Å². The molecule has 4 heteroatoms. The van der Waals surface area contributed by atoms with Gasteiger partial charge in [0.2, 0.25) is 0 Å². The van der Waals surface area contributed by atoms with E-state index in [1.807, 2.05) is 6.07 Å². The van der Waals surface area contributed by atoms with Gasteiger partial charge in [0, 0.05) is 5.69 Å². The van der Waals surface area contributed by atoms with E-state index in [0.717, 1.165) is 5.56 Å². The van der Waals surface area contributed by atoms with E-state index in [-0.39, 0.29) is 12.4 Å². The molecule has 82 valence electrons. The summed E-state index contributed by atoms with van der Waals surface area (Å²) in [5.41, 5.74) is 7.32. The van der Waals surface area contributed by atoms with E-state index in [4.69, 9.17) is 11.0 Å². The maximum Gasteiger partial charge on any atom is 0.309 e. The molecular formula is C12H12N2O2. The highest BCUT2D eigenvalue weighted by molar-refractivity contribution is 5.73. The number of carbonyl (C=O) groups is 1. The lowest BCUT2D eigenvalue weighted by molar-refractivity contribution is -0.139. The number of methoxy groups -OCH3 is 1. The second-order valence-electron chi connectivity index (χ2n) is 3.14. The lowest BCUT2D eigenvalue weighted by Gasteiger charge is -1.99. The molecule has 0 radical (unpaired) electrons. The number of nitrogen functional groups attached to an aromatic ring is 1. The Labute approximate surface area is 93.9 Å². The number of ether oxygens (including phenoxy) is 1. The van der Waals surface area contributed by atoms with E-state index in [9.17, 15) is 4.79 Å². The number of carbonyl (C=O) groups excluding carboxylic acids is 1. The van der Waals surface area contributed by atoms with Crippen LogP contribution in [0, 0.1) is 11.3 Å². The van der Waals surface area contributed by atoms with Gasteiger partial charge in [0.05, 0.1) is 25.2 Å². The number of nitrogens with zero attached hydrogens (tertiary/aromatic N) is 1. The van der Waals surface area contributed by atoms with Crippen molar-refractivity contribution in [2.75, 3.05) is 12.8 Å². The zero-order chi connectivity index (χ0) is 12.0. The molecule has 0 fully saturated rings. The van der Waals surface area contributed by atoms with Crippen LogP contribution in [0.2, 0.25) is 0 Å². The van der Waals surface area contributed by atoms with Crippen LogP contribution >= 0.6 is 0 Å². The fourth-order valence-electron chi connectivity index (χ4n) is 1.18. The summed E-state index contributed by atoms with van der Waals surface area (Å²) < 4.78 is 4.49. The molecular weight excluding hydrogens is 204 g/mol. The minimum absolute atomic E-state index is 0.186. The third kappa shape index (κ3) is 3.14. The van der Waals surface area contributed by atoms with Gasteiger partial charge in [-0.1, -0.05) is 18.2 Å². The summed E-state index contributed by atoms with van der Waals surface area (Å²) in [6.45, 7) is 0. The predicted molar refractivity (Wildman–Crippen MR) is 61.2 cm³/mol. The van der Waals surface area contributed by atoms with Crippen molar-refractivity contribution in [3.8, 4) is 6.07 Å². The van der Waals surface area contributed by atoms with Crippen molar-refractivity contribution in [2.24, 2.45) is 0 Å². The zero-order valence-corrected chi connectivity index (χ0v) is 8.93. The Hall–Kier alpha value is -2.28. The van der Waals surface area contributed by atoms with E-state index in [1.165, 1.54) is 7.11 Å². The SMILES string of the molecule is COC(=O)CC=Cc1ccc(N)cc1C#N. The van der Waals surface area contributed by atoms with Gasteiger partial charge in [-0.05, 0) is 17.7 Å². The predicted octanol–water partition coefficient (Wildman–Crippen LogP) is 1.72. The fraction of sp³-hybridized carbons (Fsp3) is 0.167. The second-order valence-corrected chi connectivity index (χ2v) is 3.14. The first-order valence-electron chi connectivity index (χ1n) is 4.70. The van der Waals surface area contributed by atoms with Gasteiger partial charge in [-0.3, -0.25) is 4.79 Å². The number of hydrogen-bond donors (Lipinski definition) is 1. The molecule has 0 aliphatic rings. The van der Waals surface area contributed by atoms with Crippen LogP contribution in [0.4, 0.5) is 5.69 Å². The molecule has 2 N–H and O–H groups in total. The summed E-state index contributed by atoms with van der Waals surface area (Å²) >= 11 is 0. The van der Waals surface area contributed by atoms with E-state index < -0.39 is 0 Å². The van der Waals surface area contributed by atoms with Crippen molar-refractivity contribution in [3.05, 3.63) is 35.4 Å². The highest BCUT2D eigenvalue weighted by atomic mass is 16.5. The number of anilines is 1. The molecule has 0 atom stereocenters. The van der Waals surface area contributed by atoms with Crippen LogP contribution in [-0.2, 0) is 9.53 Å². The van der Waals surface area contributed by atoms with Gasteiger partial charge in [0.15, 0.2) is 0 Å². The molecule has 0 unspecified atom stereocenters. The maximum absolute atomic E-state index is 10.9. The Morgan fingerprint density at radius 2 is 2.38 bits per heavy atom. The fourth-order valence-corrected chi connectivity index (χ4v) is 1.18. The molecule has 0 heterocycles. The summed E-state index contributed by atoms with van der Waals surface area (Å²) in [5.74, 6) is -0.315. The van der Waals surface area contributed by atoms with Crippen molar-refractivity contribution in [2.45, 2.75) is 6.42 Å². The Morgan fingerprint density at radius 3 is 3.00 bits per heavy atom. The van der Waals surface area contributed by atoms with Crippen molar-refractivity contribution in [1.29, 1.82) is 5.26 Å². The average Bonchev–Trinajstić information content (AvgIpc) is 2.30. The third-order valence-electron chi connectivity index (χ3n) is 2.01. The van der Waals surface area contributed by atoms with Crippen molar-refractivity contribution in [1.82, 2.24) is 0 Å². The van der Waals surface area contributed by atoms with Crippen LogP contribution in [-0.4, -0.2) is 13.1 Å². The summed E-state index contributed by atoms with van der Waals surface area (Å²) in [6.07, 6.45) is 3.54. The molecule has 0 aliphatic heterocycles. The second kappa shape index (κ2) is 5.56. The number of esters is 1. The highest BCUT2D eigenvalue weighted by Gasteiger charge is 1.99. The Kier molecular flexibility index (Phi) is 4.10. The van der Waals surface area contributed by atoms with Crippen LogP contribution in [0.3, 0.4) is 0 Å². The Balaban J connectivity index is 2.82. The first-order chi connectivity index (χ1) is 7.67. The molecule has 16 heavy (non-hydrogen) atoms. The van der Waals surface area contributed by atoms with Crippen molar-refractivity contribution < 1.29 is 9.53 Å². The molecule has 0 aliphatic carbocycles. The zero-order valence-electron chi connectivity index (χ0n) is 8.93. The first-order valence-corrected chi connectivity index (χ1v) is 4.70. The Bertz CT molecular complexity index is 459. The van der Waals surface area contributed by atoms with Crippen molar-refractivity contribution in [3.63, 3.8) is 0 Å². The van der Waals surface area contributed by atoms with Crippen LogP contribution < -0.4 is 5.73 Å². The summed E-state index contributed by atoms with van der Waals surface area (Å²) in [7, 11) is 1.33. The van der Waals surface area contributed by atoms with Crippen molar-refractivity contribution >= 4 is 17.7 Å². The van der Waals surface area contributed by atoms with Gasteiger partial charge in [-0.15, -0.1) is 0 Å². The molecule has 0 amide bonds. The van der Waals surface area contributed by atoms with Crippen LogP contribution in [0.15, 0.2) is 24.3 Å². The standard InChI is InChI=1S/C12H12N2O2/c1-16-12(15)4-2-3-9-5-6-11(14)7-10(9)8-13/h2-3,5-7H,4,14H2,1H3. The number of benzene rings is 1. The monoisotopic (exact) mass is 216 g/mol. The number of nitriles is 1. The van der Waals surface area contributed by atoms with Gasteiger partial charge in [0.1, 0.15) is 0 Å². The molecule has 0 saturated carbocycles. The summed E-state index contributed by atoms with van der Waals surface area (Å²) in [6, 6.07) is 7.08. The summed E-state index contributed by atoms with van der Waals surface area (Å²) in [4.78, 5) is 10.9. The maximum atomic E-state index is 10.9. The average molecular weight is 216 g/mol. The van der Waals surface area contributed by atoms with Gasteiger partial charge in [-0.25, -0.2) is 0 Å². The molecule has 0 bridgehead atoms. The van der Waals surface area contributed by atoms with Crippen LogP contribution in [0.1, 0.15) is 17.5 Å². The third-order valence-corrected chi connectivity index (χ3v) is 2.01. The molecule has 1 rings (SSSR count). The van der Waals surface area contributed by atoms with E-state index in [1.54, 1.807) is 30.4 Å². The van der Waals surface area contributed by atoms with E-state index in [2.05, 4.69) is 4.74 Å². The van der Waals surface area contributed by atoms with Gasteiger partial charge in [0.25, 0.3) is 0 Å². The molecule has 1 aromatic carbocycles. The molecule has 1 aromatic rings. The number of rotatable bonds is 3. The largest absolute Gasteiger partial charge is 0.469 e. The first kappa shape index (κ1) is 11.8. The minimum atomic E-state index is -0.315.